The highest BCUT2D eigenvalue weighted by Crippen LogP contribution is 2.26. The molecule has 0 unspecified atom stereocenters. The third kappa shape index (κ3) is 4.13. The van der Waals surface area contributed by atoms with Crippen molar-refractivity contribution >= 4 is 27.8 Å². The molecule has 0 bridgehead atoms. The lowest BCUT2D eigenvalue weighted by Gasteiger charge is -2.15. The molecule has 0 fully saturated rings. The van der Waals surface area contributed by atoms with E-state index in [-0.39, 0.29) is 16.0 Å². The van der Waals surface area contributed by atoms with Crippen molar-refractivity contribution in [3.63, 3.8) is 0 Å². The quantitative estimate of drug-likeness (QED) is 0.588. The molecule has 0 spiro atoms. The van der Waals surface area contributed by atoms with Gasteiger partial charge in [-0.3, -0.25) is 5.32 Å². The van der Waals surface area contributed by atoms with Crippen LogP contribution in [0.15, 0.2) is 46.9 Å². The lowest BCUT2D eigenvalue weighted by Crippen LogP contribution is -2.19. The van der Waals surface area contributed by atoms with Crippen LogP contribution in [-0.2, 0) is 4.74 Å². The highest BCUT2D eigenvalue weighted by molar-refractivity contribution is 9.10. The van der Waals surface area contributed by atoms with Gasteiger partial charge in [-0.2, -0.15) is 4.68 Å². The Kier molecular flexibility index (Phi) is 5.50. The number of carbonyl (C=O) groups is 1. The maximum Gasteiger partial charge on any atom is 0.413 e. The second kappa shape index (κ2) is 7.83. The van der Waals surface area contributed by atoms with Gasteiger partial charge in [-0.05, 0) is 41.4 Å². The molecule has 1 heterocycles. The largest absolute Gasteiger partial charge is 0.441 e. The van der Waals surface area contributed by atoms with Crippen LogP contribution in [0.25, 0.3) is 5.69 Å². The van der Waals surface area contributed by atoms with E-state index in [0.717, 1.165) is 22.4 Å². The van der Waals surface area contributed by atoms with Crippen molar-refractivity contribution < 1.29 is 18.3 Å². The van der Waals surface area contributed by atoms with Crippen molar-refractivity contribution in [3.8, 4) is 5.69 Å². The van der Waals surface area contributed by atoms with Crippen molar-refractivity contribution in [2.24, 2.45) is 0 Å². The summed E-state index contributed by atoms with van der Waals surface area (Å²) in [5.41, 5.74) is 0.946. The Morgan fingerprint density at radius 2 is 1.93 bits per heavy atom. The number of hydrogen-bond acceptors (Lipinski definition) is 4. The molecule has 6 nitrogen and oxygen atoms in total. The molecular formula is C18H15BrF2N4O2. The Hall–Kier alpha value is -2.81. The highest BCUT2D eigenvalue weighted by atomic mass is 79.9. The lowest BCUT2D eigenvalue weighted by molar-refractivity contribution is 0.121. The topological polar surface area (TPSA) is 69.0 Å². The number of nitrogens with zero attached hydrogens (tertiary/aromatic N) is 3. The van der Waals surface area contributed by atoms with Crippen LogP contribution in [0.3, 0.4) is 0 Å². The van der Waals surface area contributed by atoms with Crippen LogP contribution in [0.2, 0.25) is 0 Å². The molecule has 0 saturated heterocycles. The van der Waals surface area contributed by atoms with Crippen LogP contribution in [-0.4, -0.2) is 21.1 Å². The number of ether oxygens (including phenoxy) is 1. The first kappa shape index (κ1) is 19.0. The molecule has 0 aliphatic carbocycles. The van der Waals surface area contributed by atoms with E-state index >= 15 is 0 Å². The Morgan fingerprint density at radius 1 is 1.22 bits per heavy atom. The fourth-order valence-electron chi connectivity index (χ4n) is 2.42. The second-order valence-electron chi connectivity index (χ2n) is 5.74. The summed E-state index contributed by atoms with van der Waals surface area (Å²) in [7, 11) is 0. The van der Waals surface area contributed by atoms with Crippen molar-refractivity contribution in [2.45, 2.75) is 20.0 Å². The van der Waals surface area contributed by atoms with Crippen molar-refractivity contribution in [3.05, 3.63) is 69.8 Å². The first-order valence-corrected chi connectivity index (χ1v) is 8.76. The molecule has 0 aliphatic heterocycles. The Labute approximate surface area is 162 Å². The fourth-order valence-corrected chi connectivity index (χ4v) is 2.74. The minimum Gasteiger partial charge on any atom is -0.441 e. The van der Waals surface area contributed by atoms with Gasteiger partial charge in [0.1, 0.15) is 29.1 Å². The van der Waals surface area contributed by atoms with Crippen LogP contribution in [0.5, 0.6) is 0 Å². The van der Waals surface area contributed by atoms with Gasteiger partial charge in [0, 0.05) is 6.07 Å². The van der Waals surface area contributed by atoms with Gasteiger partial charge in [0.05, 0.1) is 4.47 Å². The molecule has 3 aromatic rings. The zero-order chi connectivity index (χ0) is 19.6. The zero-order valence-electron chi connectivity index (χ0n) is 14.4. The second-order valence-corrected chi connectivity index (χ2v) is 6.59. The number of nitrogens with one attached hydrogen (secondary N) is 1. The number of hydrogen-bond donors (Lipinski definition) is 1. The van der Waals surface area contributed by atoms with Crippen molar-refractivity contribution in [2.75, 3.05) is 5.32 Å². The Bertz CT molecular complexity index is 979. The van der Waals surface area contributed by atoms with Crippen molar-refractivity contribution in [1.29, 1.82) is 0 Å². The van der Waals surface area contributed by atoms with E-state index in [0.29, 0.717) is 5.69 Å². The standard InChI is InChI=1S/C18H15BrF2N4O2/c1-10-17(22-18(26)27-11(2)12-6-4-3-5-7-12)25(24-23-10)16-9-14(20)13(19)8-15(16)21/h3-9,11H,1-2H3,(H,22,26)/t11-/m1/s1. The minimum absolute atomic E-state index is 0.0220. The van der Waals surface area contributed by atoms with Gasteiger partial charge in [0.2, 0.25) is 0 Å². The molecule has 1 amide bonds. The van der Waals surface area contributed by atoms with Crippen LogP contribution >= 0.6 is 15.9 Å². The maximum atomic E-state index is 14.2. The lowest BCUT2D eigenvalue weighted by atomic mass is 10.1. The molecule has 1 aromatic heterocycles. The van der Waals surface area contributed by atoms with E-state index in [9.17, 15) is 13.6 Å². The molecular weight excluding hydrogens is 422 g/mol. The number of halogens is 3. The fraction of sp³-hybridized carbons (Fsp3) is 0.167. The summed E-state index contributed by atoms with van der Waals surface area (Å²) < 4.78 is 34.4. The predicted molar refractivity (Wildman–Crippen MR) is 98.7 cm³/mol. The summed E-state index contributed by atoms with van der Waals surface area (Å²) in [6.07, 6.45) is -1.27. The zero-order valence-corrected chi connectivity index (χ0v) is 16.0. The normalized spacial score (nSPS) is 11.9. The third-order valence-electron chi connectivity index (χ3n) is 3.83. The van der Waals surface area contributed by atoms with Gasteiger partial charge < -0.3 is 4.74 Å². The van der Waals surface area contributed by atoms with Gasteiger partial charge in [-0.1, -0.05) is 35.5 Å². The maximum absolute atomic E-state index is 14.2. The van der Waals surface area contributed by atoms with E-state index in [2.05, 4.69) is 31.6 Å². The van der Waals surface area contributed by atoms with Crippen LogP contribution < -0.4 is 5.32 Å². The summed E-state index contributed by atoms with van der Waals surface area (Å²) >= 11 is 2.92. The van der Waals surface area contributed by atoms with Gasteiger partial charge >= 0.3 is 6.09 Å². The number of amides is 1. The van der Waals surface area contributed by atoms with Crippen LogP contribution in [0, 0.1) is 18.6 Å². The van der Waals surface area contributed by atoms with Crippen molar-refractivity contribution in [1.82, 2.24) is 15.0 Å². The number of aryl methyl sites for hydroxylation is 1. The molecule has 2 aromatic carbocycles. The first-order valence-electron chi connectivity index (χ1n) is 7.96. The SMILES string of the molecule is Cc1nnn(-c2cc(F)c(Br)cc2F)c1NC(=O)O[C@H](C)c1ccccc1. The smallest absolute Gasteiger partial charge is 0.413 e. The summed E-state index contributed by atoms with van der Waals surface area (Å²) in [5.74, 6) is -1.33. The van der Waals surface area contributed by atoms with E-state index in [1.54, 1.807) is 13.8 Å². The number of benzene rings is 2. The summed E-state index contributed by atoms with van der Waals surface area (Å²) in [6, 6.07) is 11.1. The summed E-state index contributed by atoms with van der Waals surface area (Å²) in [5, 5.41) is 10.1. The predicted octanol–water partition coefficient (Wildman–Crippen LogP) is 4.93. The summed E-state index contributed by atoms with van der Waals surface area (Å²) in [6.45, 7) is 3.30. The molecule has 0 radical (unpaired) electrons. The summed E-state index contributed by atoms with van der Waals surface area (Å²) in [4.78, 5) is 12.3. The molecule has 0 saturated carbocycles. The van der Waals surface area contributed by atoms with Gasteiger partial charge in [0.15, 0.2) is 5.82 Å². The number of carbonyl (C=O) groups excluding carboxylic acids is 1. The van der Waals surface area contributed by atoms with Gasteiger partial charge in [-0.25, -0.2) is 13.6 Å². The monoisotopic (exact) mass is 436 g/mol. The highest BCUT2D eigenvalue weighted by Gasteiger charge is 2.20. The Balaban J connectivity index is 1.83. The number of aromatic nitrogens is 3. The first-order chi connectivity index (χ1) is 12.9. The number of anilines is 1. The average Bonchev–Trinajstić information content (AvgIpc) is 2.99. The molecule has 3 rings (SSSR count). The molecule has 140 valence electrons. The van der Waals surface area contributed by atoms with E-state index in [1.165, 1.54) is 0 Å². The van der Waals surface area contributed by atoms with Gasteiger partial charge in [-0.15, -0.1) is 5.10 Å². The third-order valence-corrected chi connectivity index (χ3v) is 4.44. The van der Waals surface area contributed by atoms with Gasteiger partial charge in [0.25, 0.3) is 0 Å². The average molecular weight is 437 g/mol. The molecule has 1 atom stereocenters. The van der Waals surface area contributed by atoms with E-state index < -0.39 is 23.8 Å². The van der Waals surface area contributed by atoms with E-state index in [1.807, 2.05) is 30.3 Å². The molecule has 9 heteroatoms. The van der Waals surface area contributed by atoms with Crippen LogP contribution in [0.4, 0.5) is 19.4 Å². The molecule has 0 aliphatic rings. The molecule has 27 heavy (non-hydrogen) atoms. The number of rotatable bonds is 4. The Morgan fingerprint density at radius 3 is 2.63 bits per heavy atom. The van der Waals surface area contributed by atoms with Crippen LogP contribution in [0.1, 0.15) is 24.3 Å². The minimum atomic E-state index is -0.768. The molecule has 1 N–H and O–H groups in total. The van der Waals surface area contributed by atoms with E-state index in [4.69, 9.17) is 4.74 Å².